The fraction of sp³-hybridized carbons (Fsp3) is 0.167. The third kappa shape index (κ3) is 4.60. The average molecular weight is 470 g/mol. The van der Waals surface area contributed by atoms with Crippen molar-refractivity contribution < 1.29 is 49.7 Å². The molecule has 0 aliphatic rings. The van der Waals surface area contributed by atoms with Crippen molar-refractivity contribution in [2.24, 2.45) is 0 Å². The summed E-state index contributed by atoms with van der Waals surface area (Å²) >= 11 is 0. The first kappa shape index (κ1) is 24.1. The highest BCUT2D eigenvalue weighted by Gasteiger charge is 2.42. The van der Waals surface area contributed by atoms with Crippen LogP contribution in [0.5, 0.6) is 34.5 Å². The molecule has 0 spiro atoms. The van der Waals surface area contributed by atoms with E-state index in [9.17, 15) is 40.2 Å². The maximum absolute atomic E-state index is 12.2. The van der Waals surface area contributed by atoms with E-state index in [4.69, 9.17) is 9.47 Å². The molecular weight excluding hydrogens is 448 g/mol. The van der Waals surface area contributed by atoms with Crippen molar-refractivity contribution in [2.75, 3.05) is 0 Å². The lowest BCUT2D eigenvalue weighted by Crippen LogP contribution is -2.40. The molecule has 3 rings (SSSR count). The molecule has 0 bridgehead atoms. The lowest BCUT2D eigenvalue weighted by molar-refractivity contribution is -0.157. The number of hydrogen-bond acceptors (Lipinski definition) is 8. The van der Waals surface area contributed by atoms with Gasteiger partial charge in [-0.25, -0.2) is 9.59 Å². The number of carbonyl (C=O) groups is 2. The fourth-order valence-electron chi connectivity index (χ4n) is 3.25. The Morgan fingerprint density at radius 2 is 0.912 bits per heavy atom. The van der Waals surface area contributed by atoms with E-state index in [0.717, 1.165) is 36.4 Å². The molecule has 34 heavy (non-hydrogen) atoms. The van der Waals surface area contributed by atoms with Gasteiger partial charge in [-0.15, -0.1) is 0 Å². The van der Waals surface area contributed by atoms with Crippen LogP contribution in [0.2, 0.25) is 0 Å². The molecule has 0 fully saturated rings. The zero-order valence-corrected chi connectivity index (χ0v) is 18.1. The van der Waals surface area contributed by atoms with Crippen molar-refractivity contribution >= 4 is 11.9 Å². The molecule has 3 aromatic rings. The normalized spacial score (nSPS) is 14.4. The minimum Gasteiger partial charge on any atom is -0.508 e. The Morgan fingerprint density at radius 3 is 1.18 bits per heavy atom. The summed E-state index contributed by atoms with van der Waals surface area (Å²) in [7, 11) is 0. The first-order chi connectivity index (χ1) is 15.8. The van der Waals surface area contributed by atoms with Gasteiger partial charge in [0.2, 0.25) is 11.2 Å². The summed E-state index contributed by atoms with van der Waals surface area (Å²) in [5.41, 5.74) is -4.44. The van der Waals surface area contributed by atoms with Crippen molar-refractivity contribution in [1.82, 2.24) is 0 Å². The van der Waals surface area contributed by atoms with Crippen molar-refractivity contribution in [3.63, 3.8) is 0 Å². The third-order valence-corrected chi connectivity index (χ3v) is 5.20. The summed E-state index contributed by atoms with van der Waals surface area (Å²) in [4.78, 5) is 24.3. The Kier molecular flexibility index (Phi) is 6.18. The summed E-state index contributed by atoms with van der Waals surface area (Å²) in [6.07, 6.45) is 0. The van der Waals surface area contributed by atoms with Gasteiger partial charge < -0.3 is 40.1 Å². The van der Waals surface area contributed by atoms with E-state index in [1.54, 1.807) is 0 Å². The SMILES string of the molecule is CC(Oc1ccccc1OC(C)(C(=O)O)c1cc(O)cc(O)c1)(C(=O)O)c1cc(O)cc(O)c1. The zero-order chi connectivity index (χ0) is 25.3. The molecule has 0 heterocycles. The van der Waals surface area contributed by atoms with Gasteiger partial charge in [0.15, 0.2) is 11.5 Å². The van der Waals surface area contributed by atoms with E-state index in [0.29, 0.717) is 0 Å². The van der Waals surface area contributed by atoms with Crippen LogP contribution in [-0.4, -0.2) is 42.6 Å². The summed E-state index contributed by atoms with van der Waals surface area (Å²) < 4.78 is 11.5. The Bertz CT molecular complexity index is 1120. The number of phenols is 4. The summed E-state index contributed by atoms with van der Waals surface area (Å²) in [6, 6.07) is 12.2. The number of ether oxygens (including phenoxy) is 2. The first-order valence-electron chi connectivity index (χ1n) is 9.86. The largest absolute Gasteiger partial charge is 0.508 e. The van der Waals surface area contributed by atoms with Crippen molar-refractivity contribution in [3.05, 3.63) is 71.8 Å². The van der Waals surface area contributed by atoms with Crippen LogP contribution in [-0.2, 0) is 20.8 Å². The van der Waals surface area contributed by atoms with Crippen LogP contribution in [0.3, 0.4) is 0 Å². The molecule has 0 amide bonds. The molecule has 0 aliphatic heterocycles. The van der Waals surface area contributed by atoms with Gasteiger partial charge in [0.05, 0.1) is 0 Å². The summed E-state index contributed by atoms with van der Waals surface area (Å²) in [5.74, 6) is -4.82. The molecular formula is C24H22O10. The second-order valence-electron chi connectivity index (χ2n) is 7.80. The molecule has 10 heteroatoms. The molecule has 0 radical (unpaired) electrons. The average Bonchev–Trinajstić information content (AvgIpc) is 2.73. The maximum Gasteiger partial charge on any atom is 0.352 e. The zero-order valence-electron chi connectivity index (χ0n) is 18.1. The summed E-state index contributed by atoms with van der Waals surface area (Å²) in [5, 5.41) is 59.0. The van der Waals surface area contributed by atoms with Gasteiger partial charge in [0, 0.05) is 23.3 Å². The highest BCUT2D eigenvalue weighted by Crippen LogP contribution is 2.40. The monoisotopic (exact) mass is 470 g/mol. The van der Waals surface area contributed by atoms with Gasteiger partial charge in [-0.2, -0.15) is 0 Å². The number of rotatable bonds is 8. The van der Waals surface area contributed by atoms with Crippen molar-refractivity contribution in [2.45, 2.75) is 25.0 Å². The Balaban J connectivity index is 2.08. The van der Waals surface area contributed by atoms with Gasteiger partial charge in [-0.3, -0.25) is 0 Å². The van der Waals surface area contributed by atoms with E-state index >= 15 is 0 Å². The van der Waals surface area contributed by atoms with Gasteiger partial charge in [-0.05, 0) is 50.2 Å². The van der Waals surface area contributed by atoms with Crippen LogP contribution in [0.4, 0.5) is 0 Å². The van der Waals surface area contributed by atoms with Crippen LogP contribution in [0.15, 0.2) is 60.7 Å². The minimum absolute atomic E-state index is 0.0915. The predicted molar refractivity (Wildman–Crippen MR) is 117 cm³/mol. The molecule has 6 N–H and O–H groups in total. The van der Waals surface area contributed by atoms with Gasteiger partial charge in [0.25, 0.3) is 0 Å². The fourth-order valence-corrected chi connectivity index (χ4v) is 3.25. The highest BCUT2D eigenvalue weighted by atomic mass is 16.6. The second-order valence-corrected chi connectivity index (χ2v) is 7.80. The van der Waals surface area contributed by atoms with Crippen molar-refractivity contribution in [1.29, 1.82) is 0 Å². The van der Waals surface area contributed by atoms with E-state index in [1.807, 2.05) is 0 Å². The van der Waals surface area contributed by atoms with E-state index in [2.05, 4.69) is 0 Å². The number of carboxylic acid groups (broad SMARTS) is 2. The van der Waals surface area contributed by atoms with Crippen LogP contribution >= 0.6 is 0 Å². The van der Waals surface area contributed by atoms with Crippen LogP contribution in [0.1, 0.15) is 25.0 Å². The Hall–Kier alpha value is -4.60. The number of carboxylic acids is 2. The molecule has 3 aromatic carbocycles. The van der Waals surface area contributed by atoms with E-state index in [-0.39, 0.29) is 22.6 Å². The van der Waals surface area contributed by atoms with Gasteiger partial charge >= 0.3 is 11.9 Å². The number of aromatic hydroxyl groups is 4. The summed E-state index contributed by atoms with van der Waals surface area (Å²) in [6.45, 7) is 2.37. The lowest BCUT2D eigenvalue weighted by atomic mass is 9.94. The highest BCUT2D eigenvalue weighted by molar-refractivity contribution is 5.81. The maximum atomic E-state index is 12.2. The topological polar surface area (TPSA) is 174 Å². The molecule has 0 aromatic heterocycles. The number of phenolic OH excluding ortho intramolecular Hbond substituents is 4. The second kappa shape index (κ2) is 8.74. The predicted octanol–water partition coefficient (Wildman–Crippen LogP) is 3.27. The van der Waals surface area contributed by atoms with Gasteiger partial charge in [0.1, 0.15) is 23.0 Å². The lowest BCUT2D eigenvalue weighted by Gasteiger charge is -2.31. The van der Waals surface area contributed by atoms with Crippen LogP contribution < -0.4 is 9.47 Å². The molecule has 10 nitrogen and oxygen atoms in total. The quantitative estimate of drug-likeness (QED) is 0.287. The number of hydrogen-bond donors (Lipinski definition) is 6. The van der Waals surface area contributed by atoms with Crippen LogP contribution in [0, 0.1) is 0 Å². The smallest absolute Gasteiger partial charge is 0.352 e. The number of aliphatic carboxylic acids is 2. The Labute approximate surface area is 193 Å². The number of benzene rings is 3. The van der Waals surface area contributed by atoms with Crippen molar-refractivity contribution in [3.8, 4) is 34.5 Å². The Morgan fingerprint density at radius 1 is 0.618 bits per heavy atom. The first-order valence-corrected chi connectivity index (χ1v) is 9.86. The molecule has 0 saturated carbocycles. The van der Waals surface area contributed by atoms with Gasteiger partial charge in [-0.1, -0.05) is 12.1 Å². The number of para-hydroxylation sites is 2. The standard InChI is InChI=1S/C24H22O10/c1-23(21(29)30,13-7-15(25)11-16(26)8-13)33-19-5-3-4-6-20(19)34-24(2,22(31)32)14-9-17(27)12-18(28)10-14/h3-12,25-28H,1-2H3,(H,29,30)(H,31,32). The molecule has 0 aliphatic carbocycles. The van der Waals surface area contributed by atoms with Crippen LogP contribution in [0.25, 0.3) is 0 Å². The van der Waals surface area contributed by atoms with E-state index < -0.39 is 46.1 Å². The third-order valence-electron chi connectivity index (χ3n) is 5.20. The minimum atomic E-state index is -2.13. The molecule has 2 unspecified atom stereocenters. The van der Waals surface area contributed by atoms with E-state index in [1.165, 1.54) is 38.1 Å². The molecule has 0 saturated heterocycles. The molecule has 178 valence electrons. The molecule has 2 atom stereocenters.